The highest BCUT2D eigenvalue weighted by molar-refractivity contribution is 5.92. The van der Waals surface area contributed by atoms with Crippen LogP contribution in [-0.2, 0) is 17.8 Å². The van der Waals surface area contributed by atoms with E-state index in [1.807, 2.05) is 6.92 Å². The van der Waals surface area contributed by atoms with E-state index < -0.39 is 17.5 Å². The Balaban J connectivity index is 2.07. The van der Waals surface area contributed by atoms with E-state index in [2.05, 4.69) is 5.32 Å². The van der Waals surface area contributed by atoms with Crippen LogP contribution in [0.4, 0.5) is 14.5 Å². The molecule has 0 saturated heterocycles. The smallest absolute Gasteiger partial charge is 0.228 e. The number of halogens is 2. The Morgan fingerprint density at radius 2 is 1.96 bits per heavy atom. The zero-order chi connectivity index (χ0) is 16.8. The summed E-state index contributed by atoms with van der Waals surface area (Å²) in [4.78, 5) is 12.0. The first-order valence-electron chi connectivity index (χ1n) is 7.13. The van der Waals surface area contributed by atoms with Crippen LogP contribution in [0, 0.1) is 11.6 Å². The number of rotatable bonds is 6. The summed E-state index contributed by atoms with van der Waals surface area (Å²) in [7, 11) is 0. The van der Waals surface area contributed by atoms with Gasteiger partial charge in [0.2, 0.25) is 5.91 Å². The van der Waals surface area contributed by atoms with Crippen LogP contribution in [0.3, 0.4) is 0 Å². The quantitative estimate of drug-likeness (QED) is 0.860. The van der Waals surface area contributed by atoms with E-state index in [4.69, 9.17) is 4.74 Å². The van der Waals surface area contributed by atoms with Gasteiger partial charge in [0, 0.05) is 17.3 Å². The molecule has 0 fully saturated rings. The maximum atomic E-state index is 13.5. The number of aliphatic hydroxyl groups is 1. The lowest BCUT2D eigenvalue weighted by molar-refractivity contribution is -0.115. The fraction of sp³-hybridized carbons (Fsp3) is 0.235. The van der Waals surface area contributed by atoms with Gasteiger partial charge >= 0.3 is 0 Å². The Labute approximate surface area is 132 Å². The first-order valence-corrected chi connectivity index (χ1v) is 7.13. The minimum Gasteiger partial charge on any atom is -0.494 e. The van der Waals surface area contributed by atoms with Crippen LogP contribution in [0.2, 0.25) is 0 Å². The van der Waals surface area contributed by atoms with Crippen molar-refractivity contribution < 1.29 is 23.4 Å². The Morgan fingerprint density at radius 3 is 2.61 bits per heavy atom. The number of carbonyl (C=O) groups excluding carboxylic acids is 1. The molecular formula is C17H17F2NO3. The van der Waals surface area contributed by atoms with Gasteiger partial charge in [0.1, 0.15) is 17.4 Å². The van der Waals surface area contributed by atoms with Crippen molar-refractivity contribution in [3.8, 4) is 5.75 Å². The maximum Gasteiger partial charge on any atom is 0.228 e. The molecule has 0 radical (unpaired) electrons. The molecule has 6 heteroatoms. The Hall–Kier alpha value is -2.47. The third-order valence-electron chi connectivity index (χ3n) is 3.18. The molecule has 122 valence electrons. The molecule has 2 rings (SSSR count). The molecule has 0 spiro atoms. The fourth-order valence-electron chi connectivity index (χ4n) is 2.12. The molecule has 0 aliphatic rings. The van der Waals surface area contributed by atoms with Gasteiger partial charge in [-0.15, -0.1) is 0 Å². The predicted octanol–water partition coefficient (Wildman–Crippen LogP) is 3.04. The number of carbonyl (C=O) groups is 1. The molecule has 2 aromatic rings. The zero-order valence-corrected chi connectivity index (χ0v) is 12.6. The first-order chi connectivity index (χ1) is 11.0. The third-order valence-corrected chi connectivity index (χ3v) is 3.18. The molecule has 0 aliphatic heterocycles. The maximum absolute atomic E-state index is 13.5. The van der Waals surface area contributed by atoms with Crippen LogP contribution in [0.15, 0.2) is 36.4 Å². The van der Waals surface area contributed by atoms with Gasteiger partial charge in [-0.05, 0) is 36.8 Å². The van der Waals surface area contributed by atoms with Crippen LogP contribution >= 0.6 is 0 Å². The number of anilines is 1. The molecule has 2 aromatic carbocycles. The number of benzene rings is 2. The van der Waals surface area contributed by atoms with Gasteiger partial charge in [0.05, 0.1) is 19.6 Å². The Morgan fingerprint density at radius 1 is 1.17 bits per heavy atom. The van der Waals surface area contributed by atoms with Gasteiger partial charge < -0.3 is 15.2 Å². The van der Waals surface area contributed by atoms with E-state index in [9.17, 15) is 18.7 Å². The normalized spacial score (nSPS) is 10.4. The summed E-state index contributed by atoms with van der Waals surface area (Å²) in [5, 5.41) is 11.9. The minimum absolute atomic E-state index is 0.109. The minimum atomic E-state index is -0.761. The van der Waals surface area contributed by atoms with Crippen LogP contribution in [0.25, 0.3) is 0 Å². The van der Waals surface area contributed by atoms with Crippen molar-refractivity contribution in [2.75, 3.05) is 11.9 Å². The van der Waals surface area contributed by atoms with Crippen LogP contribution in [-0.4, -0.2) is 17.6 Å². The molecule has 0 saturated carbocycles. The molecule has 0 unspecified atom stereocenters. The Kier molecular flexibility index (Phi) is 5.65. The lowest BCUT2D eigenvalue weighted by atomic mass is 10.1. The van der Waals surface area contributed by atoms with Crippen molar-refractivity contribution in [2.24, 2.45) is 0 Å². The third kappa shape index (κ3) is 4.50. The second-order valence-electron chi connectivity index (χ2n) is 4.87. The van der Waals surface area contributed by atoms with Crippen molar-refractivity contribution in [3.63, 3.8) is 0 Å². The SMILES string of the molecule is CCOc1ccc(NC(=O)Cc2ccc(F)cc2F)cc1CO. The second kappa shape index (κ2) is 7.69. The lowest BCUT2D eigenvalue weighted by Gasteiger charge is -2.11. The molecule has 0 aliphatic carbocycles. The molecule has 23 heavy (non-hydrogen) atoms. The highest BCUT2D eigenvalue weighted by atomic mass is 19.1. The van der Waals surface area contributed by atoms with Gasteiger partial charge in [0.25, 0.3) is 0 Å². The van der Waals surface area contributed by atoms with E-state index in [1.165, 1.54) is 6.07 Å². The largest absolute Gasteiger partial charge is 0.494 e. The van der Waals surface area contributed by atoms with E-state index in [1.54, 1.807) is 18.2 Å². The van der Waals surface area contributed by atoms with E-state index in [0.29, 0.717) is 23.6 Å². The molecule has 0 atom stereocenters. The molecular weight excluding hydrogens is 304 g/mol. The Bertz CT molecular complexity index is 704. The van der Waals surface area contributed by atoms with Crippen LogP contribution in [0.5, 0.6) is 5.75 Å². The van der Waals surface area contributed by atoms with Crippen molar-refractivity contribution >= 4 is 11.6 Å². The lowest BCUT2D eigenvalue weighted by Crippen LogP contribution is -2.15. The van der Waals surface area contributed by atoms with Crippen molar-refractivity contribution in [1.29, 1.82) is 0 Å². The van der Waals surface area contributed by atoms with Crippen molar-refractivity contribution in [3.05, 3.63) is 59.2 Å². The molecule has 0 heterocycles. The van der Waals surface area contributed by atoms with E-state index in [0.717, 1.165) is 12.1 Å². The van der Waals surface area contributed by atoms with Crippen molar-refractivity contribution in [1.82, 2.24) is 0 Å². The van der Waals surface area contributed by atoms with E-state index in [-0.39, 0.29) is 18.6 Å². The summed E-state index contributed by atoms with van der Waals surface area (Å²) in [6, 6.07) is 7.94. The van der Waals surface area contributed by atoms with Gasteiger partial charge in [-0.25, -0.2) is 8.78 Å². The predicted molar refractivity (Wildman–Crippen MR) is 82.2 cm³/mol. The summed E-state index contributed by atoms with van der Waals surface area (Å²) >= 11 is 0. The van der Waals surface area contributed by atoms with Crippen LogP contribution < -0.4 is 10.1 Å². The molecule has 4 nitrogen and oxygen atoms in total. The first kappa shape index (κ1) is 16.9. The molecule has 0 bridgehead atoms. The number of hydrogen-bond donors (Lipinski definition) is 2. The second-order valence-corrected chi connectivity index (χ2v) is 4.87. The molecule has 0 aromatic heterocycles. The summed E-state index contributed by atoms with van der Waals surface area (Å²) in [5.41, 5.74) is 1.11. The highest BCUT2D eigenvalue weighted by Gasteiger charge is 2.11. The average molecular weight is 321 g/mol. The number of hydrogen-bond acceptors (Lipinski definition) is 3. The highest BCUT2D eigenvalue weighted by Crippen LogP contribution is 2.23. The molecule has 1 amide bonds. The average Bonchev–Trinajstić information content (AvgIpc) is 2.52. The number of ether oxygens (including phenoxy) is 1. The number of aliphatic hydroxyl groups excluding tert-OH is 1. The van der Waals surface area contributed by atoms with Gasteiger partial charge in [-0.1, -0.05) is 6.07 Å². The zero-order valence-electron chi connectivity index (χ0n) is 12.6. The topological polar surface area (TPSA) is 58.6 Å². The number of nitrogens with one attached hydrogen (secondary N) is 1. The summed E-state index contributed by atoms with van der Waals surface area (Å²) in [6.07, 6.45) is -0.215. The standard InChI is InChI=1S/C17H17F2NO3/c1-2-23-16-6-5-14(7-12(16)10-21)20-17(22)8-11-3-4-13(18)9-15(11)19/h3-7,9,21H,2,8,10H2,1H3,(H,20,22). The monoisotopic (exact) mass is 321 g/mol. The summed E-state index contributed by atoms with van der Waals surface area (Å²) in [5.74, 6) is -1.35. The van der Waals surface area contributed by atoms with Crippen LogP contribution in [0.1, 0.15) is 18.1 Å². The van der Waals surface area contributed by atoms with Gasteiger partial charge in [-0.3, -0.25) is 4.79 Å². The molecule has 2 N–H and O–H groups in total. The van der Waals surface area contributed by atoms with E-state index >= 15 is 0 Å². The van der Waals surface area contributed by atoms with Gasteiger partial charge in [-0.2, -0.15) is 0 Å². The van der Waals surface area contributed by atoms with Crippen molar-refractivity contribution in [2.45, 2.75) is 20.0 Å². The summed E-state index contributed by atoms with van der Waals surface area (Å²) < 4.78 is 31.7. The van der Waals surface area contributed by atoms with Gasteiger partial charge in [0.15, 0.2) is 0 Å². The summed E-state index contributed by atoms with van der Waals surface area (Å²) in [6.45, 7) is 2.06. The number of amides is 1. The fourth-order valence-corrected chi connectivity index (χ4v) is 2.12.